The van der Waals surface area contributed by atoms with Crippen LogP contribution in [-0.4, -0.2) is 29.2 Å². The Hall–Kier alpha value is -2.50. The molecule has 0 unspecified atom stereocenters. The van der Waals surface area contributed by atoms with Gasteiger partial charge in [0.25, 0.3) is 0 Å². The summed E-state index contributed by atoms with van der Waals surface area (Å²) in [7, 11) is 1.85. The van der Waals surface area contributed by atoms with Crippen molar-refractivity contribution in [1.29, 1.82) is 0 Å². The predicted octanol–water partition coefficient (Wildman–Crippen LogP) is 1.18. The summed E-state index contributed by atoms with van der Waals surface area (Å²) < 4.78 is 12.3. The van der Waals surface area contributed by atoms with Crippen LogP contribution in [0.1, 0.15) is 29.9 Å². The average Bonchev–Trinajstić information content (AvgIpc) is 2.70. The fourth-order valence-electron chi connectivity index (χ4n) is 2.34. The fraction of sp³-hybridized carbons (Fsp3) is 0.375. The van der Waals surface area contributed by atoms with E-state index in [1.807, 2.05) is 18.5 Å². The Bertz CT molecular complexity index is 732. The lowest BCUT2D eigenvalue weighted by molar-refractivity contribution is -0.312. The first-order valence-electron chi connectivity index (χ1n) is 7.00. The van der Waals surface area contributed by atoms with E-state index in [0.717, 1.165) is 11.2 Å². The number of hydrogen-bond acceptors (Lipinski definition) is 5. The highest BCUT2D eigenvalue weighted by Crippen LogP contribution is 2.29. The monoisotopic (exact) mass is 304 g/mol. The highest BCUT2D eigenvalue weighted by molar-refractivity contribution is 6.06. The largest absolute Gasteiger partial charge is 0.546 e. The van der Waals surface area contributed by atoms with Crippen LogP contribution < -0.4 is 9.84 Å². The molecule has 6 heteroatoms. The van der Waals surface area contributed by atoms with Gasteiger partial charge in [-0.1, -0.05) is 0 Å². The van der Waals surface area contributed by atoms with E-state index < -0.39 is 18.0 Å². The van der Waals surface area contributed by atoms with Gasteiger partial charge in [-0.2, -0.15) is 0 Å². The molecule has 2 aromatic rings. The molecular formula is C16H18NO5-. The van der Waals surface area contributed by atoms with Crippen LogP contribution in [0.25, 0.3) is 10.9 Å². The van der Waals surface area contributed by atoms with Crippen LogP contribution in [-0.2, 0) is 16.6 Å². The number of aryl methyl sites for hydroxylation is 1. The molecule has 0 saturated heterocycles. The summed E-state index contributed by atoms with van der Waals surface area (Å²) in [6, 6.07) is 5.09. The van der Waals surface area contributed by atoms with Crippen molar-refractivity contribution in [3.8, 4) is 5.75 Å². The predicted molar refractivity (Wildman–Crippen MR) is 78.7 cm³/mol. The van der Waals surface area contributed by atoms with Crippen LogP contribution >= 0.6 is 0 Å². The second-order valence-electron chi connectivity index (χ2n) is 5.00. The Morgan fingerprint density at radius 3 is 2.64 bits per heavy atom. The van der Waals surface area contributed by atoms with E-state index in [-0.39, 0.29) is 6.61 Å². The van der Waals surface area contributed by atoms with Gasteiger partial charge in [0.2, 0.25) is 0 Å². The number of benzene rings is 1. The molecule has 1 atom stereocenters. The van der Waals surface area contributed by atoms with Crippen molar-refractivity contribution in [2.24, 2.45) is 7.05 Å². The summed E-state index contributed by atoms with van der Waals surface area (Å²) in [5.41, 5.74) is 2.08. The SMILES string of the molecule is CCOC(=O)c1c(C)n(C)c2ccc(O[C@@H](C)C(=O)[O-])cc12. The maximum atomic E-state index is 12.2. The summed E-state index contributed by atoms with van der Waals surface area (Å²) in [5.74, 6) is -1.34. The number of carbonyl (C=O) groups excluding carboxylic acids is 2. The molecule has 0 radical (unpaired) electrons. The molecule has 0 aliphatic heterocycles. The third kappa shape index (κ3) is 2.77. The van der Waals surface area contributed by atoms with Gasteiger partial charge in [-0.15, -0.1) is 0 Å². The summed E-state index contributed by atoms with van der Waals surface area (Å²) in [6.07, 6.45) is -1.08. The van der Waals surface area contributed by atoms with Gasteiger partial charge in [0, 0.05) is 23.6 Å². The van der Waals surface area contributed by atoms with Gasteiger partial charge < -0.3 is 23.9 Å². The topological polar surface area (TPSA) is 80.6 Å². The van der Waals surface area contributed by atoms with Crippen molar-refractivity contribution in [1.82, 2.24) is 4.57 Å². The summed E-state index contributed by atoms with van der Waals surface area (Å²) >= 11 is 0. The lowest BCUT2D eigenvalue weighted by Gasteiger charge is -2.15. The number of rotatable bonds is 5. The molecule has 0 amide bonds. The number of carbonyl (C=O) groups is 2. The number of aromatic nitrogens is 1. The molecule has 22 heavy (non-hydrogen) atoms. The maximum absolute atomic E-state index is 12.2. The van der Waals surface area contributed by atoms with E-state index in [0.29, 0.717) is 16.7 Å². The minimum absolute atomic E-state index is 0.284. The summed E-state index contributed by atoms with van der Waals surface area (Å²) in [5, 5.41) is 11.4. The van der Waals surface area contributed by atoms with Crippen molar-refractivity contribution in [3.05, 3.63) is 29.5 Å². The Labute approximate surface area is 128 Å². The standard InChI is InChI=1S/C16H19NO5/c1-5-21-16(20)14-9(2)17(4)13-7-6-11(8-12(13)14)22-10(3)15(18)19/h6-8,10H,5H2,1-4H3,(H,18,19)/p-1/t10-/m0/s1. The molecule has 6 nitrogen and oxygen atoms in total. The number of hydrogen-bond donors (Lipinski definition) is 0. The van der Waals surface area contributed by atoms with Gasteiger partial charge in [0.1, 0.15) is 11.9 Å². The van der Waals surface area contributed by atoms with Gasteiger partial charge in [0.05, 0.1) is 18.1 Å². The van der Waals surface area contributed by atoms with Gasteiger partial charge in [0.15, 0.2) is 0 Å². The zero-order valence-electron chi connectivity index (χ0n) is 13.0. The molecule has 1 aromatic carbocycles. The molecule has 1 aromatic heterocycles. The zero-order valence-corrected chi connectivity index (χ0v) is 13.0. The van der Waals surface area contributed by atoms with Crippen LogP contribution in [0.15, 0.2) is 18.2 Å². The molecule has 0 fully saturated rings. The van der Waals surface area contributed by atoms with Crippen LogP contribution in [0.2, 0.25) is 0 Å². The van der Waals surface area contributed by atoms with Gasteiger partial charge in [-0.05, 0) is 39.0 Å². The number of esters is 1. The maximum Gasteiger partial charge on any atom is 0.340 e. The third-order valence-corrected chi connectivity index (χ3v) is 3.59. The molecule has 1 heterocycles. The molecule has 0 aliphatic carbocycles. The quantitative estimate of drug-likeness (QED) is 0.775. The van der Waals surface area contributed by atoms with E-state index in [9.17, 15) is 14.7 Å². The molecular weight excluding hydrogens is 286 g/mol. The van der Waals surface area contributed by atoms with Crippen molar-refractivity contribution in [2.75, 3.05) is 6.61 Å². The summed E-state index contributed by atoms with van der Waals surface area (Å²) in [6.45, 7) is 5.25. The summed E-state index contributed by atoms with van der Waals surface area (Å²) in [4.78, 5) is 22.9. The van der Waals surface area contributed by atoms with Gasteiger partial charge in [-0.25, -0.2) is 4.79 Å². The highest BCUT2D eigenvalue weighted by atomic mass is 16.5. The van der Waals surface area contributed by atoms with Crippen molar-refractivity contribution in [3.63, 3.8) is 0 Å². The first kappa shape index (κ1) is 15.9. The first-order chi connectivity index (χ1) is 10.4. The number of nitrogens with zero attached hydrogens (tertiary/aromatic N) is 1. The Kier molecular flexibility index (Phi) is 4.40. The number of carboxylic acids is 1. The van der Waals surface area contributed by atoms with E-state index in [1.165, 1.54) is 6.92 Å². The second kappa shape index (κ2) is 6.09. The van der Waals surface area contributed by atoms with E-state index >= 15 is 0 Å². The highest BCUT2D eigenvalue weighted by Gasteiger charge is 2.20. The van der Waals surface area contributed by atoms with E-state index in [1.54, 1.807) is 25.1 Å². The van der Waals surface area contributed by atoms with E-state index in [4.69, 9.17) is 9.47 Å². The van der Waals surface area contributed by atoms with Gasteiger partial charge in [-0.3, -0.25) is 0 Å². The fourth-order valence-corrected chi connectivity index (χ4v) is 2.34. The van der Waals surface area contributed by atoms with E-state index in [2.05, 4.69) is 0 Å². The number of ether oxygens (including phenoxy) is 2. The molecule has 0 N–H and O–H groups in total. The van der Waals surface area contributed by atoms with Crippen molar-refractivity contribution < 1.29 is 24.2 Å². The minimum Gasteiger partial charge on any atom is -0.546 e. The smallest absolute Gasteiger partial charge is 0.340 e. The second-order valence-corrected chi connectivity index (χ2v) is 5.00. The Balaban J connectivity index is 2.52. The van der Waals surface area contributed by atoms with Gasteiger partial charge >= 0.3 is 5.97 Å². The van der Waals surface area contributed by atoms with Crippen LogP contribution in [0, 0.1) is 6.92 Å². The number of aliphatic carboxylic acids is 1. The molecule has 0 bridgehead atoms. The Morgan fingerprint density at radius 2 is 2.05 bits per heavy atom. The molecule has 118 valence electrons. The van der Waals surface area contributed by atoms with Crippen LogP contribution in [0.3, 0.4) is 0 Å². The average molecular weight is 304 g/mol. The number of fused-ring (bicyclic) bond motifs is 1. The molecule has 2 rings (SSSR count). The van der Waals surface area contributed by atoms with Crippen molar-refractivity contribution >= 4 is 22.8 Å². The van der Waals surface area contributed by atoms with Crippen LogP contribution in [0.5, 0.6) is 5.75 Å². The molecule has 0 spiro atoms. The van der Waals surface area contributed by atoms with Crippen LogP contribution in [0.4, 0.5) is 0 Å². The zero-order chi connectivity index (χ0) is 16.4. The first-order valence-corrected chi connectivity index (χ1v) is 7.00. The lowest BCUT2D eigenvalue weighted by Crippen LogP contribution is -2.37. The molecule has 0 aliphatic rings. The van der Waals surface area contributed by atoms with Crippen molar-refractivity contribution in [2.45, 2.75) is 26.9 Å². The third-order valence-electron chi connectivity index (χ3n) is 3.59. The lowest BCUT2D eigenvalue weighted by atomic mass is 10.1. The molecule has 0 saturated carbocycles. The normalized spacial score (nSPS) is 12.2. The minimum atomic E-state index is -1.30. The number of carboxylic acid groups (broad SMARTS) is 1. The Morgan fingerprint density at radius 1 is 1.36 bits per heavy atom.